The molecular formula is C24H31F5N2O3. The van der Waals surface area contributed by atoms with E-state index in [0.717, 1.165) is 32.6 Å². The first-order valence-corrected chi connectivity index (χ1v) is 11.9. The van der Waals surface area contributed by atoms with E-state index < -0.39 is 41.2 Å². The molecule has 0 aromatic carbocycles. The van der Waals surface area contributed by atoms with Gasteiger partial charge in [0.15, 0.2) is 0 Å². The number of hydrogen-bond donors (Lipinski definition) is 2. The van der Waals surface area contributed by atoms with Crippen LogP contribution in [0.4, 0.5) is 22.0 Å². The molecule has 0 saturated heterocycles. The number of carbonyl (C=O) groups excluding carboxylic acids is 3. The van der Waals surface area contributed by atoms with Gasteiger partial charge in [0.2, 0.25) is 17.6 Å². The Morgan fingerprint density at radius 1 is 1.06 bits per heavy atom. The molecule has 1 heterocycles. The van der Waals surface area contributed by atoms with Crippen molar-refractivity contribution < 1.29 is 36.3 Å². The minimum Gasteiger partial charge on any atom is -0.349 e. The molecule has 34 heavy (non-hydrogen) atoms. The van der Waals surface area contributed by atoms with Gasteiger partial charge in [-0.05, 0) is 74.7 Å². The zero-order chi connectivity index (χ0) is 25.3. The fourth-order valence-electron chi connectivity index (χ4n) is 7.56. The highest BCUT2D eigenvalue weighted by atomic mass is 19.4. The number of rotatable bonds is 4. The molecule has 3 aliphatic carbocycles. The Kier molecular flexibility index (Phi) is 5.92. The summed E-state index contributed by atoms with van der Waals surface area (Å²) in [4.78, 5) is 36.7. The summed E-state index contributed by atoms with van der Waals surface area (Å²) in [7, 11) is 0. The summed E-state index contributed by atoms with van der Waals surface area (Å²) in [6.45, 7) is 5.05. The number of hydrogen-bond acceptors (Lipinski definition) is 3. The number of amides is 2. The van der Waals surface area contributed by atoms with Gasteiger partial charge < -0.3 is 10.6 Å². The van der Waals surface area contributed by atoms with Crippen LogP contribution in [0.3, 0.4) is 0 Å². The summed E-state index contributed by atoms with van der Waals surface area (Å²) in [6, 6.07) is -1.88. The van der Waals surface area contributed by atoms with Crippen molar-refractivity contribution in [3.8, 4) is 0 Å². The molecule has 1 unspecified atom stereocenters. The van der Waals surface area contributed by atoms with Crippen LogP contribution in [-0.2, 0) is 14.4 Å². The highest BCUT2D eigenvalue weighted by Gasteiger charge is 2.65. The van der Waals surface area contributed by atoms with Crippen molar-refractivity contribution in [2.75, 3.05) is 0 Å². The Labute approximate surface area is 195 Å². The maximum absolute atomic E-state index is 13.5. The third-order valence-corrected chi connectivity index (χ3v) is 9.42. The van der Waals surface area contributed by atoms with Crippen molar-refractivity contribution >= 4 is 17.6 Å². The van der Waals surface area contributed by atoms with Crippen molar-refractivity contribution in [2.45, 2.75) is 83.5 Å². The zero-order valence-electron chi connectivity index (χ0n) is 19.5. The first kappa shape index (κ1) is 25.1. The molecule has 4 aliphatic rings. The maximum Gasteiger partial charge on any atom is 0.461 e. The topological polar surface area (TPSA) is 75.3 Å². The summed E-state index contributed by atoms with van der Waals surface area (Å²) in [5, 5.41) is 5.24. The van der Waals surface area contributed by atoms with Crippen molar-refractivity contribution in [1.29, 1.82) is 0 Å². The fourth-order valence-corrected chi connectivity index (χ4v) is 7.56. The van der Waals surface area contributed by atoms with Crippen LogP contribution >= 0.6 is 0 Å². The van der Waals surface area contributed by atoms with Gasteiger partial charge in [-0.3, -0.25) is 14.4 Å². The van der Waals surface area contributed by atoms with Crippen molar-refractivity contribution in [3.63, 3.8) is 0 Å². The van der Waals surface area contributed by atoms with E-state index in [2.05, 4.69) is 17.6 Å². The van der Waals surface area contributed by atoms with E-state index in [1.807, 2.05) is 13.0 Å². The smallest absolute Gasteiger partial charge is 0.349 e. The number of Topliss-reactive ketones (excluding diaryl/α,β-unsaturated/α-hetero) is 1. The number of nitrogens with one attached hydrogen (secondary N) is 2. The van der Waals surface area contributed by atoms with Gasteiger partial charge in [0, 0.05) is 17.4 Å². The molecule has 1 aliphatic heterocycles. The number of alkyl halides is 5. The normalized spacial score (nSPS) is 40.5. The molecule has 8 atom stereocenters. The van der Waals surface area contributed by atoms with Crippen LogP contribution in [0.1, 0.15) is 59.3 Å². The Morgan fingerprint density at radius 3 is 2.38 bits per heavy atom. The Hall–Kier alpha value is -2.00. The SMILES string of the molecule is CC(NC(=O)[C@H]1CC[C@H]2[C@@H]3CC[C@H]4NC(=O)C=C[C@]4(C)[C@H]3CC[C@]12C)C(=O)C(F)(F)C(F)(F)F. The molecule has 3 fully saturated rings. The molecule has 0 spiro atoms. The van der Waals surface area contributed by atoms with Gasteiger partial charge in [-0.15, -0.1) is 0 Å². The lowest BCUT2D eigenvalue weighted by molar-refractivity contribution is -0.269. The fraction of sp³-hybridized carbons (Fsp3) is 0.792. The van der Waals surface area contributed by atoms with Gasteiger partial charge in [0.1, 0.15) is 0 Å². The average molecular weight is 491 g/mol. The molecule has 190 valence electrons. The van der Waals surface area contributed by atoms with E-state index in [1.54, 1.807) is 6.08 Å². The van der Waals surface area contributed by atoms with E-state index >= 15 is 0 Å². The van der Waals surface area contributed by atoms with Crippen LogP contribution in [-0.4, -0.2) is 41.8 Å². The molecule has 0 bridgehead atoms. The van der Waals surface area contributed by atoms with Gasteiger partial charge >= 0.3 is 12.1 Å². The Morgan fingerprint density at radius 2 is 1.74 bits per heavy atom. The highest BCUT2D eigenvalue weighted by molar-refractivity contribution is 5.94. The molecule has 2 amide bonds. The standard InChI is InChI=1S/C24H31F5N2O3/c1-12(19(33)23(25,26)24(27,28)29)30-20(34)16-6-5-14-13-4-7-17-22(3,11-9-18(32)31-17)15(13)8-10-21(14,16)2/h9,11-17H,4-8,10H2,1-3H3,(H,30,34)(H,31,32)/t12?,13-,14-,15-,16+,17+,21-,22+/m0/s1. The minimum atomic E-state index is -6.01. The van der Waals surface area contributed by atoms with E-state index in [4.69, 9.17) is 0 Å². The largest absolute Gasteiger partial charge is 0.461 e. The second-order valence-corrected chi connectivity index (χ2v) is 11.1. The molecule has 5 nitrogen and oxygen atoms in total. The zero-order valence-corrected chi connectivity index (χ0v) is 19.5. The highest BCUT2D eigenvalue weighted by Crippen LogP contribution is 2.65. The molecule has 0 radical (unpaired) electrons. The minimum absolute atomic E-state index is 0.0678. The Balaban J connectivity index is 1.49. The van der Waals surface area contributed by atoms with Crippen LogP contribution in [0.5, 0.6) is 0 Å². The summed E-state index contributed by atoms with van der Waals surface area (Å²) in [5.74, 6) is -8.29. The molecule has 3 saturated carbocycles. The third-order valence-electron chi connectivity index (χ3n) is 9.42. The van der Waals surface area contributed by atoms with Gasteiger partial charge in [0.25, 0.3) is 0 Å². The molecule has 0 aromatic rings. The van der Waals surface area contributed by atoms with Crippen molar-refractivity contribution in [2.24, 2.45) is 34.5 Å². The summed E-state index contributed by atoms with van der Waals surface area (Å²) in [5.41, 5.74) is -0.603. The van der Waals surface area contributed by atoms with E-state index in [9.17, 15) is 36.3 Å². The summed E-state index contributed by atoms with van der Waals surface area (Å²) >= 11 is 0. The van der Waals surface area contributed by atoms with Crippen LogP contribution in [0.25, 0.3) is 0 Å². The number of fused-ring (bicyclic) bond motifs is 5. The first-order valence-electron chi connectivity index (χ1n) is 11.9. The van der Waals surface area contributed by atoms with E-state index in [-0.39, 0.29) is 23.3 Å². The molecular weight excluding hydrogens is 459 g/mol. The lowest BCUT2D eigenvalue weighted by Crippen LogP contribution is -2.60. The molecule has 2 N–H and O–H groups in total. The van der Waals surface area contributed by atoms with Crippen molar-refractivity contribution in [3.05, 3.63) is 12.2 Å². The Bertz CT molecular complexity index is 919. The second kappa shape index (κ2) is 8.01. The summed E-state index contributed by atoms with van der Waals surface area (Å²) in [6.07, 6.45) is 2.13. The molecule has 0 aromatic heterocycles. The van der Waals surface area contributed by atoms with Gasteiger partial charge in [-0.25, -0.2) is 0 Å². The average Bonchev–Trinajstić information content (AvgIpc) is 3.10. The van der Waals surface area contributed by atoms with Gasteiger partial charge in [-0.1, -0.05) is 19.9 Å². The van der Waals surface area contributed by atoms with Crippen LogP contribution in [0.2, 0.25) is 0 Å². The van der Waals surface area contributed by atoms with Crippen LogP contribution in [0, 0.1) is 34.5 Å². The second-order valence-electron chi connectivity index (χ2n) is 11.1. The number of ketones is 1. The third kappa shape index (κ3) is 3.66. The number of carbonyl (C=O) groups is 3. The maximum atomic E-state index is 13.5. The van der Waals surface area contributed by atoms with Gasteiger partial charge in [0.05, 0.1) is 6.04 Å². The summed E-state index contributed by atoms with van der Waals surface area (Å²) < 4.78 is 64.7. The molecule has 4 rings (SSSR count). The predicted octanol–water partition coefficient (Wildman–Crippen LogP) is 4.17. The first-order chi connectivity index (χ1) is 15.6. The lowest BCUT2D eigenvalue weighted by Gasteiger charge is -2.58. The predicted molar refractivity (Wildman–Crippen MR) is 113 cm³/mol. The van der Waals surface area contributed by atoms with E-state index in [0.29, 0.717) is 24.7 Å². The monoisotopic (exact) mass is 490 g/mol. The van der Waals surface area contributed by atoms with Crippen LogP contribution < -0.4 is 10.6 Å². The van der Waals surface area contributed by atoms with Crippen LogP contribution in [0.15, 0.2) is 12.2 Å². The number of halogens is 5. The molecule has 10 heteroatoms. The van der Waals surface area contributed by atoms with Gasteiger partial charge in [-0.2, -0.15) is 22.0 Å². The van der Waals surface area contributed by atoms with Crippen molar-refractivity contribution in [1.82, 2.24) is 10.6 Å². The quantitative estimate of drug-likeness (QED) is 0.581. The lowest BCUT2D eigenvalue weighted by atomic mass is 9.48. The van der Waals surface area contributed by atoms with E-state index in [1.165, 1.54) is 0 Å².